The summed E-state index contributed by atoms with van der Waals surface area (Å²) in [6.07, 6.45) is 6.87. The van der Waals surface area contributed by atoms with Crippen molar-refractivity contribution in [3.63, 3.8) is 0 Å². The highest BCUT2D eigenvalue weighted by Crippen LogP contribution is 2.68. The zero-order valence-electron chi connectivity index (χ0n) is 22.0. The van der Waals surface area contributed by atoms with Gasteiger partial charge in [-0.1, -0.05) is 50.0 Å². The fraction of sp³-hybridized carbons (Fsp3) is 0.613. The van der Waals surface area contributed by atoms with Crippen LogP contribution in [-0.4, -0.2) is 16.7 Å². The number of allylic oxidation sites excluding steroid dienone is 3. The van der Waals surface area contributed by atoms with Crippen LogP contribution in [0.2, 0.25) is 0 Å². The van der Waals surface area contributed by atoms with Gasteiger partial charge in [-0.15, -0.1) is 0 Å². The molecule has 4 unspecified atom stereocenters. The first kappa shape index (κ1) is 23.7. The monoisotopic (exact) mass is 460 g/mol. The minimum atomic E-state index is -0.780. The third-order valence-electron chi connectivity index (χ3n) is 10.4. The molecule has 5 rings (SSSR count). The molecule has 1 aromatic rings. The number of hydrogen-bond acceptors (Lipinski definition) is 3. The Labute approximate surface area is 204 Å². The second-order valence-corrected chi connectivity index (χ2v) is 12.6. The summed E-state index contributed by atoms with van der Waals surface area (Å²) >= 11 is 0. The highest BCUT2D eigenvalue weighted by molar-refractivity contribution is 6.23. The van der Waals surface area contributed by atoms with E-state index in [0.717, 1.165) is 47.1 Å². The quantitative estimate of drug-likeness (QED) is 0.387. The van der Waals surface area contributed by atoms with Crippen molar-refractivity contribution in [3.8, 4) is 0 Å². The summed E-state index contributed by atoms with van der Waals surface area (Å²) in [4.78, 5) is 26.5. The van der Waals surface area contributed by atoms with Gasteiger partial charge in [-0.25, -0.2) is 0 Å². The van der Waals surface area contributed by atoms with Gasteiger partial charge >= 0.3 is 0 Å². The smallest absolute Gasteiger partial charge is 0.176 e. The van der Waals surface area contributed by atoms with E-state index >= 15 is 0 Å². The van der Waals surface area contributed by atoms with Gasteiger partial charge in [-0.05, 0) is 111 Å². The summed E-state index contributed by atoms with van der Waals surface area (Å²) in [5.41, 5.74) is 7.08. The summed E-state index contributed by atoms with van der Waals surface area (Å²) in [6.45, 7) is 14.2. The van der Waals surface area contributed by atoms with Gasteiger partial charge in [0.2, 0.25) is 0 Å². The molecule has 1 fully saturated rings. The number of Topliss-reactive ketones (excluding diaryl/α,β-unsaturated/α-hetero) is 2. The number of fused-ring (bicyclic) bond motifs is 3. The maximum absolute atomic E-state index is 14.0. The zero-order chi connectivity index (χ0) is 24.8. The van der Waals surface area contributed by atoms with E-state index in [9.17, 15) is 14.7 Å². The van der Waals surface area contributed by atoms with E-state index in [0.29, 0.717) is 11.5 Å². The van der Waals surface area contributed by atoms with E-state index in [4.69, 9.17) is 0 Å². The number of ketones is 2. The molecule has 34 heavy (non-hydrogen) atoms. The van der Waals surface area contributed by atoms with Crippen LogP contribution in [0.25, 0.3) is 0 Å². The average molecular weight is 461 g/mol. The van der Waals surface area contributed by atoms with Crippen LogP contribution in [0.5, 0.6) is 0 Å². The van der Waals surface area contributed by atoms with Crippen LogP contribution in [0.15, 0.2) is 34.4 Å². The zero-order valence-corrected chi connectivity index (χ0v) is 22.0. The van der Waals surface area contributed by atoms with Crippen molar-refractivity contribution in [3.05, 3.63) is 56.7 Å². The maximum Gasteiger partial charge on any atom is 0.176 e. The molecule has 4 aliphatic rings. The molecule has 182 valence electrons. The lowest BCUT2D eigenvalue weighted by Crippen LogP contribution is -2.57. The Hall–Kier alpha value is -2.00. The van der Waals surface area contributed by atoms with Gasteiger partial charge in [0.15, 0.2) is 11.6 Å². The summed E-state index contributed by atoms with van der Waals surface area (Å²) in [5, 5.41) is 12.0. The fourth-order valence-electron chi connectivity index (χ4n) is 8.79. The molecule has 0 heterocycles. The standard InChI is InChI=1S/C31H40O3/c1-17-12-13-22(21-10-8-9-11-21)23-15-29(5)16-30(6)14-18(2)24(20(4)32)28(34)31(30,7)19(3)26(29)27(33)25(17)23/h12-13,21,27,33H,8-11,14-16H2,1-7H3. The topological polar surface area (TPSA) is 54.4 Å². The van der Waals surface area contributed by atoms with Crippen LogP contribution in [-0.2, 0) is 16.0 Å². The molecule has 0 saturated heterocycles. The third-order valence-corrected chi connectivity index (χ3v) is 10.4. The molecule has 3 nitrogen and oxygen atoms in total. The van der Waals surface area contributed by atoms with Gasteiger partial charge in [0.25, 0.3) is 0 Å². The van der Waals surface area contributed by atoms with Gasteiger partial charge in [-0.3, -0.25) is 9.59 Å². The minimum absolute atomic E-state index is 0.0484. The molecule has 4 aliphatic carbocycles. The number of hydrogen-bond donors (Lipinski definition) is 1. The minimum Gasteiger partial charge on any atom is -0.384 e. The summed E-state index contributed by atoms with van der Waals surface area (Å²) in [6, 6.07) is 4.52. The van der Waals surface area contributed by atoms with E-state index in [1.807, 2.05) is 13.8 Å². The van der Waals surface area contributed by atoms with Gasteiger partial charge in [-0.2, -0.15) is 0 Å². The van der Waals surface area contributed by atoms with E-state index in [1.165, 1.54) is 43.7 Å². The maximum atomic E-state index is 14.0. The second-order valence-electron chi connectivity index (χ2n) is 12.6. The van der Waals surface area contributed by atoms with Crippen molar-refractivity contribution in [2.45, 2.75) is 105 Å². The van der Waals surface area contributed by atoms with E-state index < -0.39 is 11.5 Å². The largest absolute Gasteiger partial charge is 0.384 e. The predicted molar refractivity (Wildman–Crippen MR) is 136 cm³/mol. The van der Waals surface area contributed by atoms with Crippen LogP contribution < -0.4 is 0 Å². The SMILES string of the molecule is CC(=O)C1=C(C)CC2(C)CC3(C)Cc4c(C5CCCC5)ccc(C)c4C(O)C3=C(C)C2(C)C1=O. The first-order chi connectivity index (χ1) is 15.9. The molecule has 3 heteroatoms. The number of aliphatic hydroxyl groups is 1. The molecule has 0 aliphatic heterocycles. The Kier molecular flexibility index (Phi) is 5.23. The van der Waals surface area contributed by atoms with Crippen molar-refractivity contribution in [2.75, 3.05) is 0 Å². The number of rotatable bonds is 2. The van der Waals surface area contributed by atoms with Gasteiger partial charge < -0.3 is 5.11 Å². The highest BCUT2D eigenvalue weighted by Gasteiger charge is 2.63. The number of carbonyl (C=O) groups is 2. The van der Waals surface area contributed by atoms with Crippen molar-refractivity contribution < 1.29 is 14.7 Å². The Bertz CT molecular complexity index is 1180. The third kappa shape index (κ3) is 2.92. The molecular weight excluding hydrogens is 420 g/mol. The molecule has 0 radical (unpaired) electrons. The normalized spacial score (nSPS) is 35.9. The Balaban J connectivity index is 1.74. The average Bonchev–Trinajstić information content (AvgIpc) is 3.24. The predicted octanol–water partition coefficient (Wildman–Crippen LogP) is 6.86. The number of aliphatic hydroxyl groups excluding tert-OH is 1. The van der Waals surface area contributed by atoms with E-state index in [1.54, 1.807) is 0 Å². The molecule has 4 atom stereocenters. The number of aryl methyl sites for hydroxylation is 1. The molecule has 0 amide bonds. The lowest BCUT2D eigenvalue weighted by atomic mass is 9.42. The van der Waals surface area contributed by atoms with Gasteiger partial charge in [0, 0.05) is 0 Å². The van der Waals surface area contributed by atoms with Gasteiger partial charge in [0.1, 0.15) is 6.10 Å². The molecule has 0 bridgehead atoms. The number of benzene rings is 1. The van der Waals surface area contributed by atoms with Crippen LogP contribution in [0.1, 0.15) is 114 Å². The van der Waals surface area contributed by atoms with Crippen LogP contribution in [0.3, 0.4) is 0 Å². The van der Waals surface area contributed by atoms with E-state index in [2.05, 4.69) is 39.8 Å². The Morgan fingerprint density at radius 1 is 1.03 bits per heavy atom. The first-order valence-electron chi connectivity index (χ1n) is 13.1. The Morgan fingerprint density at radius 2 is 1.68 bits per heavy atom. The van der Waals surface area contributed by atoms with Crippen molar-refractivity contribution in [2.24, 2.45) is 16.2 Å². The fourth-order valence-corrected chi connectivity index (χ4v) is 8.79. The molecule has 1 saturated carbocycles. The number of carbonyl (C=O) groups excluding carboxylic acids is 2. The summed E-state index contributed by atoms with van der Waals surface area (Å²) < 4.78 is 0. The molecule has 1 N–H and O–H groups in total. The summed E-state index contributed by atoms with van der Waals surface area (Å²) in [7, 11) is 0. The lowest BCUT2D eigenvalue weighted by Gasteiger charge is -2.60. The summed E-state index contributed by atoms with van der Waals surface area (Å²) in [5.74, 6) is 0.414. The van der Waals surface area contributed by atoms with Crippen molar-refractivity contribution in [1.29, 1.82) is 0 Å². The molecular formula is C31H40O3. The molecule has 1 aromatic carbocycles. The van der Waals surface area contributed by atoms with Crippen LogP contribution >= 0.6 is 0 Å². The lowest BCUT2D eigenvalue weighted by molar-refractivity contribution is -0.135. The van der Waals surface area contributed by atoms with Crippen molar-refractivity contribution in [1.82, 2.24) is 0 Å². The molecule has 0 aromatic heterocycles. The van der Waals surface area contributed by atoms with Gasteiger partial charge in [0.05, 0.1) is 11.0 Å². The Morgan fingerprint density at radius 3 is 2.29 bits per heavy atom. The van der Waals surface area contributed by atoms with Crippen molar-refractivity contribution >= 4 is 11.6 Å². The first-order valence-corrected chi connectivity index (χ1v) is 13.1. The van der Waals surface area contributed by atoms with Crippen LogP contribution in [0, 0.1) is 23.2 Å². The highest BCUT2D eigenvalue weighted by atomic mass is 16.3. The molecule has 0 spiro atoms. The second kappa shape index (κ2) is 7.50. The van der Waals surface area contributed by atoms with Crippen LogP contribution in [0.4, 0.5) is 0 Å². The van der Waals surface area contributed by atoms with E-state index in [-0.39, 0.29) is 22.4 Å².